The van der Waals surface area contributed by atoms with Crippen LogP contribution in [0.5, 0.6) is 0 Å². The van der Waals surface area contributed by atoms with Crippen molar-refractivity contribution in [2.24, 2.45) is 5.92 Å². The quantitative estimate of drug-likeness (QED) is 0.787. The number of halogens is 2. The highest BCUT2D eigenvalue weighted by molar-refractivity contribution is 9.09. The largest absolute Gasteiger partial charge is 0.310 e. The molecule has 1 aromatic heterocycles. The van der Waals surface area contributed by atoms with Gasteiger partial charge in [-0.1, -0.05) is 27.5 Å². The molecule has 1 atom stereocenters. The predicted molar refractivity (Wildman–Crippen MR) is 68.2 cm³/mol. The SMILES string of the molecule is Cc1cncc(Cl)c1N1CC(CBr)CC1=O. The first-order valence-electron chi connectivity index (χ1n) is 5.10. The van der Waals surface area contributed by atoms with Crippen LogP contribution in [0, 0.1) is 12.8 Å². The van der Waals surface area contributed by atoms with Gasteiger partial charge < -0.3 is 4.90 Å². The van der Waals surface area contributed by atoms with Crippen molar-refractivity contribution in [2.75, 3.05) is 16.8 Å². The van der Waals surface area contributed by atoms with E-state index in [0.29, 0.717) is 17.4 Å². The number of hydrogen-bond donors (Lipinski definition) is 0. The molecular formula is C11H12BrClN2O. The molecule has 0 bridgehead atoms. The summed E-state index contributed by atoms with van der Waals surface area (Å²) in [5, 5.41) is 1.39. The number of hydrogen-bond acceptors (Lipinski definition) is 2. The van der Waals surface area contributed by atoms with Crippen LogP contribution in [0.2, 0.25) is 5.02 Å². The number of pyridine rings is 1. The molecule has 5 heteroatoms. The number of anilines is 1. The van der Waals surface area contributed by atoms with E-state index in [-0.39, 0.29) is 5.91 Å². The summed E-state index contributed by atoms with van der Waals surface area (Å²) in [5.41, 5.74) is 1.75. The lowest BCUT2D eigenvalue weighted by molar-refractivity contribution is -0.117. The Bertz CT molecular complexity index is 404. The Hall–Kier alpha value is -0.610. The Balaban J connectivity index is 2.35. The molecule has 1 aliphatic heterocycles. The standard InChI is InChI=1S/C11H12BrClN2O/c1-7-4-14-5-9(13)11(7)15-6-8(3-12)2-10(15)16/h4-5,8H,2-3,6H2,1H3. The summed E-state index contributed by atoms with van der Waals surface area (Å²) < 4.78 is 0. The fourth-order valence-electron chi connectivity index (χ4n) is 1.97. The van der Waals surface area contributed by atoms with Crippen LogP contribution in [-0.4, -0.2) is 22.8 Å². The average molecular weight is 304 g/mol. The number of nitrogens with zero attached hydrogens (tertiary/aromatic N) is 2. The zero-order chi connectivity index (χ0) is 11.7. The van der Waals surface area contributed by atoms with E-state index in [1.807, 2.05) is 6.92 Å². The minimum absolute atomic E-state index is 0.139. The number of aryl methyl sites for hydroxylation is 1. The van der Waals surface area contributed by atoms with Crippen LogP contribution in [0.25, 0.3) is 0 Å². The third-order valence-electron chi connectivity index (χ3n) is 2.75. The van der Waals surface area contributed by atoms with E-state index in [1.54, 1.807) is 17.3 Å². The molecule has 1 unspecified atom stereocenters. The Labute approximate surface area is 108 Å². The lowest BCUT2D eigenvalue weighted by Gasteiger charge is -2.19. The smallest absolute Gasteiger partial charge is 0.227 e. The second kappa shape index (κ2) is 4.72. The van der Waals surface area contributed by atoms with E-state index >= 15 is 0 Å². The Morgan fingerprint density at radius 2 is 2.38 bits per heavy atom. The van der Waals surface area contributed by atoms with Crippen molar-refractivity contribution in [1.29, 1.82) is 0 Å². The van der Waals surface area contributed by atoms with Gasteiger partial charge in [0.1, 0.15) is 0 Å². The van der Waals surface area contributed by atoms with E-state index in [9.17, 15) is 4.79 Å². The number of alkyl halides is 1. The van der Waals surface area contributed by atoms with Crippen LogP contribution < -0.4 is 4.90 Å². The molecule has 1 aromatic rings. The highest BCUT2D eigenvalue weighted by atomic mass is 79.9. The Kier molecular flexibility index (Phi) is 3.50. The van der Waals surface area contributed by atoms with E-state index < -0.39 is 0 Å². The molecule has 1 fully saturated rings. The van der Waals surface area contributed by atoms with Crippen molar-refractivity contribution >= 4 is 39.1 Å². The molecule has 0 saturated carbocycles. The van der Waals surface area contributed by atoms with Gasteiger partial charge in [-0.15, -0.1) is 0 Å². The molecule has 1 aliphatic rings. The van der Waals surface area contributed by atoms with E-state index in [2.05, 4.69) is 20.9 Å². The number of carbonyl (C=O) groups is 1. The maximum Gasteiger partial charge on any atom is 0.227 e. The normalized spacial score (nSPS) is 20.6. The van der Waals surface area contributed by atoms with Crippen molar-refractivity contribution in [2.45, 2.75) is 13.3 Å². The lowest BCUT2D eigenvalue weighted by atomic mass is 10.2. The minimum atomic E-state index is 0.139. The second-order valence-electron chi connectivity index (χ2n) is 4.02. The van der Waals surface area contributed by atoms with Crippen LogP contribution in [0.4, 0.5) is 5.69 Å². The van der Waals surface area contributed by atoms with E-state index in [1.165, 1.54) is 0 Å². The summed E-state index contributed by atoms with van der Waals surface area (Å²) in [5.74, 6) is 0.511. The first-order chi connectivity index (χ1) is 7.63. The van der Waals surface area contributed by atoms with Crippen LogP contribution in [0.3, 0.4) is 0 Å². The number of amides is 1. The molecule has 0 spiro atoms. The van der Waals surface area contributed by atoms with Crippen molar-refractivity contribution in [3.8, 4) is 0 Å². The maximum absolute atomic E-state index is 11.9. The fraction of sp³-hybridized carbons (Fsp3) is 0.455. The second-order valence-corrected chi connectivity index (χ2v) is 5.07. The van der Waals surface area contributed by atoms with Crippen molar-refractivity contribution in [1.82, 2.24) is 4.98 Å². The van der Waals surface area contributed by atoms with Gasteiger partial charge in [0.05, 0.1) is 10.7 Å². The summed E-state index contributed by atoms with van der Waals surface area (Å²) in [6.07, 6.45) is 3.90. The van der Waals surface area contributed by atoms with Gasteiger partial charge in [-0.2, -0.15) is 0 Å². The van der Waals surface area contributed by atoms with Gasteiger partial charge in [0.15, 0.2) is 0 Å². The highest BCUT2D eigenvalue weighted by Gasteiger charge is 2.31. The average Bonchev–Trinajstić information content (AvgIpc) is 2.60. The summed E-state index contributed by atoms with van der Waals surface area (Å²) in [4.78, 5) is 17.6. The van der Waals surface area contributed by atoms with E-state index in [4.69, 9.17) is 11.6 Å². The molecule has 1 amide bonds. The number of rotatable bonds is 2. The third kappa shape index (κ3) is 2.09. The molecular weight excluding hydrogens is 291 g/mol. The van der Waals surface area contributed by atoms with Crippen LogP contribution in [0.15, 0.2) is 12.4 Å². The highest BCUT2D eigenvalue weighted by Crippen LogP contribution is 2.33. The molecule has 1 saturated heterocycles. The van der Waals surface area contributed by atoms with Crippen LogP contribution in [0.1, 0.15) is 12.0 Å². The zero-order valence-corrected chi connectivity index (χ0v) is 11.3. The molecule has 0 N–H and O–H groups in total. The maximum atomic E-state index is 11.9. The molecule has 2 rings (SSSR count). The van der Waals surface area contributed by atoms with Gasteiger partial charge in [-0.05, 0) is 18.4 Å². The summed E-state index contributed by atoms with van der Waals surface area (Å²) in [6.45, 7) is 2.65. The summed E-state index contributed by atoms with van der Waals surface area (Å²) >= 11 is 9.51. The summed E-state index contributed by atoms with van der Waals surface area (Å²) in [6, 6.07) is 0. The third-order valence-corrected chi connectivity index (χ3v) is 3.94. The van der Waals surface area contributed by atoms with Gasteiger partial charge in [0, 0.05) is 30.7 Å². The molecule has 86 valence electrons. The minimum Gasteiger partial charge on any atom is -0.310 e. The Morgan fingerprint density at radius 1 is 1.62 bits per heavy atom. The van der Waals surface area contributed by atoms with Gasteiger partial charge in [0.25, 0.3) is 0 Å². The first kappa shape index (κ1) is 11.9. The van der Waals surface area contributed by atoms with Crippen LogP contribution in [-0.2, 0) is 4.79 Å². The topological polar surface area (TPSA) is 33.2 Å². The number of aromatic nitrogens is 1. The van der Waals surface area contributed by atoms with E-state index in [0.717, 1.165) is 23.1 Å². The monoisotopic (exact) mass is 302 g/mol. The predicted octanol–water partition coefficient (Wildman–Crippen LogP) is 2.79. The molecule has 0 aromatic carbocycles. The van der Waals surface area contributed by atoms with Crippen molar-refractivity contribution in [3.05, 3.63) is 23.0 Å². The first-order valence-corrected chi connectivity index (χ1v) is 6.60. The van der Waals surface area contributed by atoms with Gasteiger partial charge in [-0.3, -0.25) is 9.78 Å². The van der Waals surface area contributed by atoms with Gasteiger partial charge in [0.2, 0.25) is 5.91 Å². The van der Waals surface area contributed by atoms with Crippen molar-refractivity contribution < 1.29 is 4.79 Å². The molecule has 2 heterocycles. The molecule has 0 radical (unpaired) electrons. The van der Waals surface area contributed by atoms with Gasteiger partial charge in [-0.25, -0.2) is 0 Å². The Morgan fingerprint density at radius 3 is 2.94 bits per heavy atom. The summed E-state index contributed by atoms with van der Waals surface area (Å²) in [7, 11) is 0. The lowest BCUT2D eigenvalue weighted by Crippen LogP contribution is -2.25. The fourth-order valence-corrected chi connectivity index (χ4v) is 2.71. The zero-order valence-electron chi connectivity index (χ0n) is 8.91. The number of carbonyl (C=O) groups excluding carboxylic acids is 1. The van der Waals surface area contributed by atoms with Crippen LogP contribution >= 0.6 is 27.5 Å². The molecule has 3 nitrogen and oxygen atoms in total. The van der Waals surface area contributed by atoms with Gasteiger partial charge >= 0.3 is 0 Å². The molecule has 16 heavy (non-hydrogen) atoms. The van der Waals surface area contributed by atoms with Crippen molar-refractivity contribution in [3.63, 3.8) is 0 Å². The molecule has 0 aliphatic carbocycles.